The number of fused-ring (bicyclic) bond motifs is 1. The number of nitrogens with zero attached hydrogens (tertiary/aromatic N) is 5. The fourth-order valence-corrected chi connectivity index (χ4v) is 3.86. The van der Waals surface area contributed by atoms with Crippen LogP contribution in [0, 0.1) is 11.3 Å². The van der Waals surface area contributed by atoms with Crippen molar-refractivity contribution in [3.8, 4) is 28.7 Å². The van der Waals surface area contributed by atoms with E-state index in [0.29, 0.717) is 33.8 Å². The molecule has 3 N–H and O–H groups in total. The predicted molar refractivity (Wildman–Crippen MR) is 127 cm³/mol. The van der Waals surface area contributed by atoms with Crippen molar-refractivity contribution in [1.82, 2.24) is 24.7 Å². The molecule has 0 radical (unpaired) electrons. The molecule has 3 aromatic heterocycles. The molecule has 10 heteroatoms. The van der Waals surface area contributed by atoms with Gasteiger partial charge in [-0.05, 0) is 31.0 Å². The number of hydrogen-bond donors (Lipinski definition) is 2. The number of hydrogen-bond acceptors (Lipinski definition) is 7. The molecule has 0 atom stereocenters. The van der Waals surface area contributed by atoms with E-state index in [0.717, 1.165) is 37.1 Å². The van der Waals surface area contributed by atoms with Crippen molar-refractivity contribution in [3.63, 3.8) is 0 Å². The maximum Gasteiger partial charge on any atom is 0.257 e. The Morgan fingerprint density at radius 3 is 2.53 bits per heavy atom. The monoisotopic (exact) mass is 459 g/mol. The number of H-pyrrole nitrogens is 1. The number of nitriles is 1. The van der Waals surface area contributed by atoms with E-state index in [2.05, 4.69) is 21.4 Å². The number of carbonyl (C=O) groups excluding carboxylic acids is 1. The van der Waals surface area contributed by atoms with Gasteiger partial charge in [0.25, 0.3) is 5.91 Å². The van der Waals surface area contributed by atoms with Gasteiger partial charge in [-0.3, -0.25) is 9.89 Å². The van der Waals surface area contributed by atoms with Crippen LogP contribution in [-0.2, 0) is 0 Å². The van der Waals surface area contributed by atoms with Crippen LogP contribution in [0.25, 0.3) is 16.6 Å². The van der Waals surface area contributed by atoms with E-state index >= 15 is 0 Å². The topological polar surface area (TPSA) is 135 Å². The summed E-state index contributed by atoms with van der Waals surface area (Å²) in [6.45, 7) is 1.68. The van der Waals surface area contributed by atoms with Crippen LogP contribution in [0.5, 0.6) is 11.5 Å². The molecule has 174 valence electrons. The first-order chi connectivity index (χ1) is 16.5. The molecule has 1 amide bonds. The van der Waals surface area contributed by atoms with Crippen LogP contribution in [0.2, 0.25) is 0 Å². The maximum absolute atomic E-state index is 12.1. The van der Waals surface area contributed by atoms with Crippen LogP contribution in [-0.4, -0.2) is 57.9 Å². The Morgan fingerprint density at radius 2 is 1.88 bits per heavy atom. The van der Waals surface area contributed by atoms with E-state index in [-0.39, 0.29) is 5.91 Å². The van der Waals surface area contributed by atoms with Crippen LogP contribution in [0.4, 0.5) is 5.69 Å². The van der Waals surface area contributed by atoms with Crippen molar-refractivity contribution < 1.29 is 14.3 Å². The van der Waals surface area contributed by atoms with Gasteiger partial charge in [-0.25, -0.2) is 4.52 Å². The molecular weight excluding hydrogens is 434 g/mol. The lowest BCUT2D eigenvalue weighted by atomic mass is 10.1. The first kappa shape index (κ1) is 22.7. The third-order valence-corrected chi connectivity index (χ3v) is 5.60. The van der Waals surface area contributed by atoms with E-state index < -0.39 is 0 Å². The van der Waals surface area contributed by atoms with Gasteiger partial charge in [0.1, 0.15) is 28.6 Å². The van der Waals surface area contributed by atoms with E-state index in [1.807, 2.05) is 17.2 Å². The first-order valence-electron chi connectivity index (χ1n) is 10.7. The number of rotatable bonds is 4. The Hall–Kier alpha value is -4.52. The van der Waals surface area contributed by atoms with Gasteiger partial charge in [0.2, 0.25) is 0 Å². The number of benzene rings is 1. The smallest absolute Gasteiger partial charge is 0.257 e. The molecule has 1 aromatic carbocycles. The second-order valence-electron chi connectivity index (χ2n) is 7.71. The van der Waals surface area contributed by atoms with Crippen LogP contribution in [0.1, 0.15) is 28.8 Å². The minimum absolute atomic E-state index is 0.0364. The lowest BCUT2D eigenvalue weighted by molar-refractivity contribution is 0.0789. The number of amides is 1. The predicted octanol–water partition coefficient (Wildman–Crippen LogP) is 3.12. The lowest BCUT2D eigenvalue weighted by Crippen LogP contribution is -2.27. The van der Waals surface area contributed by atoms with Crippen molar-refractivity contribution in [1.29, 1.82) is 5.26 Å². The van der Waals surface area contributed by atoms with Crippen molar-refractivity contribution >= 4 is 17.1 Å². The molecule has 0 aliphatic carbocycles. The van der Waals surface area contributed by atoms with Crippen LogP contribution < -0.4 is 15.2 Å². The minimum atomic E-state index is 0.0364. The fourth-order valence-electron chi connectivity index (χ4n) is 3.86. The van der Waals surface area contributed by atoms with Gasteiger partial charge in [-0.1, -0.05) is 0 Å². The number of ether oxygens (including phenoxy) is 2. The van der Waals surface area contributed by atoms with Crippen LogP contribution >= 0.6 is 0 Å². The molecule has 4 heterocycles. The van der Waals surface area contributed by atoms with Gasteiger partial charge in [0.15, 0.2) is 0 Å². The maximum atomic E-state index is 12.1. The van der Waals surface area contributed by atoms with Crippen molar-refractivity contribution in [2.75, 3.05) is 33.0 Å². The van der Waals surface area contributed by atoms with Crippen molar-refractivity contribution in [2.24, 2.45) is 0 Å². The van der Waals surface area contributed by atoms with Crippen molar-refractivity contribution in [2.45, 2.75) is 12.8 Å². The highest BCUT2D eigenvalue weighted by Gasteiger charge is 2.22. The Morgan fingerprint density at radius 1 is 1.12 bits per heavy atom. The number of pyridine rings is 1. The molecule has 0 bridgehead atoms. The van der Waals surface area contributed by atoms with Crippen molar-refractivity contribution in [3.05, 3.63) is 60.2 Å². The summed E-state index contributed by atoms with van der Waals surface area (Å²) in [6, 6.07) is 9.10. The summed E-state index contributed by atoms with van der Waals surface area (Å²) in [6.07, 6.45) is 9.04. The highest BCUT2D eigenvalue weighted by Crippen LogP contribution is 2.29. The summed E-state index contributed by atoms with van der Waals surface area (Å²) in [5.74, 6) is 1.20. The van der Waals surface area contributed by atoms with Gasteiger partial charge < -0.3 is 20.1 Å². The molecule has 5 rings (SSSR count). The number of likely N-dealkylation sites (tertiary alicyclic amines) is 1. The zero-order valence-electron chi connectivity index (χ0n) is 19.0. The van der Waals surface area contributed by atoms with E-state index in [1.165, 1.54) is 6.20 Å². The molecule has 0 saturated carbocycles. The molecule has 0 unspecified atom stereocenters. The molecule has 10 nitrogen and oxygen atoms in total. The SMILES string of the molecule is COc1cc(-c2cn[nH]c2)cn2ncc(C#N)c12.COc1cc(N)ccc1C(=O)N1CCCC1. The van der Waals surface area contributed by atoms with Crippen LogP contribution in [0.3, 0.4) is 0 Å². The average molecular weight is 460 g/mol. The summed E-state index contributed by atoms with van der Waals surface area (Å²) in [5.41, 5.74) is 9.87. The third kappa shape index (κ3) is 4.49. The summed E-state index contributed by atoms with van der Waals surface area (Å²) >= 11 is 0. The molecular formula is C24H25N7O3. The highest BCUT2D eigenvalue weighted by molar-refractivity contribution is 5.97. The lowest BCUT2D eigenvalue weighted by Gasteiger charge is -2.17. The zero-order valence-corrected chi connectivity index (χ0v) is 19.0. The van der Waals surface area contributed by atoms with Gasteiger partial charge in [0, 0.05) is 48.4 Å². The summed E-state index contributed by atoms with van der Waals surface area (Å²) in [7, 11) is 3.12. The highest BCUT2D eigenvalue weighted by atomic mass is 16.5. The summed E-state index contributed by atoms with van der Waals surface area (Å²) in [4.78, 5) is 14.0. The number of aromatic amines is 1. The fraction of sp³-hybridized carbons (Fsp3) is 0.250. The van der Waals surface area contributed by atoms with Gasteiger partial charge in [-0.2, -0.15) is 15.5 Å². The molecule has 1 aliphatic heterocycles. The first-order valence-corrected chi connectivity index (χ1v) is 10.7. The van der Waals surface area contributed by atoms with Gasteiger partial charge >= 0.3 is 0 Å². The molecule has 1 aliphatic rings. The number of anilines is 1. The normalized spacial score (nSPS) is 12.7. The van der Waals surface area contributed by atoms with Gasteiger partial charge in [-0.15, -0.1) is 0 Å². The number of carbonyl (C=O) groups is 1. The molecule has 0 spiro atoms. The Kier molecular flexibility index (Phi) is 6.64. The van der Waals surface area contributed by atoms with E-state index in [1.54, 1.807) is 49.3 Å². The molecule has 1 saturated heterocycles. The number of methoxy groups -OCH3 is 2. The number of aromatic nitrogens is 4. The largest absolute Gasteiger partial charge is 0.496 e. The van der Waals surface area contributed by atoms with E-state index in [4.69, 9.17) is 20.5 Å². The number of nitrogens with one attached hydrogen (secondary N) is 1. The Bertz CT molecular complexity index is 1330. The molecule has 1 fully saturated rings. The Balaban J connectivity index is 0.000000162. The standard InChI is InChI=1S/C12H9N5O.C12H16N2O2/c1-18-11-2-8(10-4-14-15-5-10)7-17-12(11)9(3-13)6-16-17;1-16-11-8-9(13)4-5-10(11)12(15)14-6-2-3-7-14/h2,4-7H,1H3,(H,14,15);4-5,8H,2-3,6-7,13H2,1H3. The van der Waals surface area contributed by atoms with E-state index in [9.17, 15) is 4.79 Å². The van der Waals surface area contributed by atoms with Crippen LogP contribution in [0.15, 0.2) is 49.1 Å². The molecule has 4 aromatic rings. The summed E-state index contributed by atoms with van der Waals surface area (Å²) < 4.78 is 12.1. The average Bonchev–Trinajstić information content (AvgIpc) is 3.64. The zero-order chi connectivity index (χ0) is 24.1. The minimum Gasteiger partial charge on any atom is -0.496 e. The quantitative estimate of drug-likeness (QED) is 0.448. The van der Waals surface area contributed by atoms with Gasteiger partial charge in [0.05, 0.1) is 32.2 Å². The number of nitrogen functional groups attached to an aromatic ring is 1. The Labute approximate surface area is 196 Å². The molecule has 34 heavy (non-hydrogen) atoms. The summed E-state index contributed by atoms with van der Waals surface area (Å²) in [5, 5.41) is 19.8. The second kappa shape index (κ2) is 9.95. The second-order valence-corrected chi connectivity index (χ2v) is 7.71. The third-order valence-electron chi connectivity index (χ3n) is 5.60. The number of nitrogens with two attached hydrogens (primary N) is 1.